The van der Waals surface area contributed by atoms with Gasteiger partial charge in [0.2, 0.25) is 0 Å². The molecule has 2 aromatic rings. The van der Waals surface area contributed by atoms with E-state index in [9.17, 15) is 4.79 Å². The number of hydrogen-bond donors (Lipinski definition) is 0. The molecule has 0 atom stereocenters. The van der Waals surface area contributed by atoms with Crippen LogP contribution in [0.4, 0.5) is 0 Å². The summed E-state index contributed by atoms with van der Waals surface area (Å²) in [6.07, 6.45) is 2.29. The number of aryl methyl sites for hydroxylation is 1. The molecule has 0 bridgehead atoms. The van der Waals surface area contributed by atoms with E-state index >= 15 is 0 Å². The van der Waals surface area contributed by atoms with Gasteiger partial charge in [-0.15, -0.1) is 0 Å². The van der Waals surface area contributed by atoms with Crippen molar-refractivity contribution in [3.8, 4) is 5.69 Å². The number of nitrogens with zero attached hydrogens (tertiary/aromatic N) is 2. The first kappa shape index (κ1) is 12.4. The molecule has 0 radical (unpaired) electrons. The second-order valence-electron chi connectivity index (χ2n) is 3.46. The van der Waals surface area contributed by atoms with Gasteiger partial charge in [-0.3, -0.25) is 4.79 Å². The minimum absolute atomic E-state index is 0.341. The minimum Gasteiger partial charge on any atom is -0.296 e. The summed E-state index contributed by atoms with van der Waals surface area (Å²) in [5, 5.41) is 5.20. The molecule has 88 valence electrons. The molecule has 6 heteroatoms. The summed E-state index contributed by atoms with van der Waals surface area (Å²) in [5.74, 6) is 0. The number of aromatic nitrogens is 2. The quantitative estimate of drug-likeness (QED) is 0.785. The Labute approximate surface area is 113 Å². The van der Waals surface area contributed by atoms with Crippen LogP contribution in [0.3, 0.4) is 0 Å². The Bertz CT molecular complexity index is 569. The summed E-state index contributed by atoms with van der Waals surface area (Å²) in [5.41, 5.74) is 1.62. The Balaban J connectivity index is 2.72. The fraction of sp³-hybridized carbons (Fsp3) is 0.0909. The normalized spacial score (nSPS) is 10.6. The third-order valence-corrected chi connectivity index (χ3v) is 3.10. The predicted octanol–water partition coefficient (Wildman–Crippen LogP) is 3.95. The van der Waals surface area contributed by atoms with Crippen molar-refractivity contribution in [2.75, 3.05) is 0 Å². The fourth-order valence-electron chi connectivity index (χ4n) is 1.50. The zero-order chi connectivity index (χ0) is 12.6. The second kappa shape index (κ2) is 4.69. The Morgan fingerprint density at radius 3 is 2.35 bits per heavy atom. The van der Waals surface area contributed by atoms with Gasteiger partial charge in [-0.2, -0.15) is 5.10 Å². The highest BCUT2D eigenvalue weighted by Crippen LogP contribution is 2.32. The number of carbonyl (C=O) groups excluding carboxylic acids is 1. The highest BCUT2D eigenvalue weighted by Gasteiger charge is 2.15. The lowest BCUT2D eigenvalue weighted by molar-refractivity contribution is 0.111. The lowest BCUT2D eigenvalue weighted by Crippen LogP contribution is -2.03. The number of rotatable bonds is 2. The van der Waals surface area contributed by atoms with Crippen LogP contribution in [0.2, 0.25) is 15.1 Å². The summed E-state index contributed by atoms with van der Waals surface area (Å²) in [6, 6.07) is 3.10. The SMILES string of the molecule is Cc1cnn(-c2c(Cl)cc(Cl)cc2Cl)c1C=O. The molecule has 1 aromatic carbocycles. The van der Waals surface area contributed by atoms with E-state index in [-0.39, 0.29) is 0 Å². The number of benzene rings is 1. The predicted molar refractivity (Wildman–Crippen MR) is 68.7 cm³/mol. The molecule has 1 aromatic heterocycles. The first-order valence-electron chi connectivity index (χ1n) is 4.69. The van der Waals surface area contributed by atoms with Crippen LogP contribution in [-0.4, -0.2) is 16.1 Å². The molecule has 0 amide bonds. The van der Waals surface area contributed by atoms with Crippen LogP contribution in [-0.2, 0) is 0 Å². The molecule has 0 aliphatic rings. The average molecular weight is 290 g/mol. The van der Waals surface area contributed by atoms with Gasteiger partial charge >= 0.3 is 0 Å². The van der Waals surface area contributed by atoms with Crippen molar-refractivity contribution in [3.63, 3.8) is 0 Å². The summed E-state index contributed by atoms with van der Waals surface area (Å²) in [4.78, 5) is 11.0. The standard InChI is InChI=1S/C11H7Cl3N2O/c1-6-4-15-16(10(6)5-17)11-8(13)2-7(12)3-9(11)14/h2-5H,1H3. The molecule has 1 heterocycles. The van der Waals surface area contributed by atoms with Gasteiger partial charge in [0.05, 0.1) is 16.2 Å². The van der Waals surface area contributed by atoms with Gasteiger partial charge in [-0.1, -0.05) is 34.8 Å². The zero-order valence-electron chi connectivity index (χ0n) is 8.75. The summed E-state index contributed by atoms with van der Waals surface area (Å²) >= 11 is 17.9. The molecule has 0 unspecified atom stereocenters. The Morgan fingerprint density at radius 1 is 1.24 bits per heavy atom. The van der Waals surface area contributed by atoms with Crippen LogP contribution in [0, 0.1) is 6.92 Å². The van der Waals surface area contributed by atoms with Crippen LogP contribution in [0.1, 0.15) is 16.1 Å². The van der Waals surface area contributed by atoms with Crippen molar-refractivity contribution in [2.45, 2.75) is 6.92 Å². The van der Waals surface area contributed by atoms with Crippen molar-refractivity contribution in [1.29, 1.82) is 0 Å². The van der Waals surface area contributed by atoms with E-state index < -0.39 is 0 Å². The van der Waals surface area contributed by atoms with Gasteiger partial charge in [0.25, 0.3) is 0 Å². The molecule has 0 spiro atoms. The van der Waals surface area contributed by atoms with E-state index in [1.165, 1.54) is 4.68 Å². The smallest absolute Gasteiger partial charge is 0.168 e. The van der Waals surface area contributed by atoms with Gasteiger partial charge in [0.15, 0.2) is 6.29 Å². The number of carbonyl (C=O) groups is 1. The third-order valence-electron chi connectivity index (χ3n) is 2.30. The maximum Gasteiger partial charge on any atom is 0.168 e. The van der Waals surface area contributed by atoms with Gasteiger partial charge in [0.1, 0.15) is 11.4 Å². The molecule has 0 N–H and O–H groups in total. The summed E-state index contributed by atoms with van der Waals surface area (Å²) in [6.45, 7) is 1.78. The van der Waals surface area contributed by atoms with Crippen molar-refractivity contribution >= 4 is 41.1 Å². The molecular formula is C11H7Cl3N2O. The van der Waals surface area contributed by atoms with E-state index in [0.717, 1.165) is 5.56 Å². The molecule has 0 fully saturated rings. The molecule has 17 heavy (non-hydrogen) atoms. The second-order valence-corrected chi connectivity index (χ2v) is 4.71. The number of hydrogen-bond acceptors (Lipinski definition) is 2. The molecule has 3 nitrogen and oxygen atoms in total. The molecule has 0 aliphatic carbocycles. The highest BCUT2D eigenvalue weighted by atomic mass is 35.5. The molecule has 0 saturated heterocycles. The lowest BCUT2D eigenvalue weighted by atomic mass is 10.2. The van der Waals surface area contributed by atoms with Crippen molar-refractivity contribution < 1.29 is 4.79 Å². The van der Waals surface area contributed by atoms with Crippen molar-refractivity contribution in [1.82, 2.24) is 9.78 Å². The number of aldehydes is 1. The molecule has 0 saturated carbocycles. The molecule has 0 aliphatic heterocycles. The maximum atomic E-state index is 11.0. The van der Waals surface area contributed by atoms with E-state index in [4.69, 9.17) is 34.8 Å². The lowest BCUT2D eigenvalue weighted by Gasteiger charge is -2.09. The first-order valence-corrected chi connectivity index (χ1v) is 5.82. The Kier molecular flexibility index (Phi) is 3.43. The van der Waals surface area contributed by atoms with Crippen LogP contribution >= 0.6 is 34.8 Å². The van der Waals surface area contributed by atoms with Crippen LogP contribution < -0.4 is 0 Å². The maximum absolute atomic E-state index is 11.0. The molecule has 2 rings (SSSR count). The van der Waals surface area contributed by atoms with E-state index in [0.29, 0.717) is 32.7 Å². The van der Waals surface area contributed by atoms with Crippen LogP contribution in [0.25, 0.3) is 5.69 Å². The summed E-state index contributed by atoms with van der Waals surface area (Å²) in [7, 11) is 0. The fourth-order valence-corrected chi connectivity index (χ4v) is 2.47. The van der Waals surface area contributed by atoms with Gasteiger partial charge in [-0.05, 0) is 24.6 Å². The van der Waals surface area contributed by atoms with Gasteiger partial charge in [-0.25, -0.2) is 4.68 Å². The Morgan fingerprint density at radius 2 is 1.82 bits per heavy atom. The van der Waals surface area contributed by atoms with Crippen LogP contribution in [0.5, 0.6) is 0 Å². The Hall–Kier alpha value is -1.03. The topological polar surface area (TPSA) is 34.9 Å². The summed E-state index contributed by atoms with van der Waals surface area (Å²) < 4.78 is 1.41. The van der Waals surface area contributed by atoms with Gasteiger partial charge < -0.3 is 0 Å². The van der Waals surface area contributed by atoms with Crippen molar-refractivity contribution in [3.05, 3.63) is 44.7 Å². The largest absolute Gasteiger partial charge is 0.296 e. The first-order chi connectivity index (χ1) is 8.04. The van der Waals surface area contributed by atoms with E-state index in [1.54, 1.807) is 25.3 Å². The number of halogens is 3. The zero-order valence-corrected chi connectivity index (χ0v) is 11.0. The highest BCUT2D eigenvalue weighted by molar-refractivity contribution is 6.40. The average Bonchev–Trinajstić information content (AvgIpc) is 2.58. The molecular weight excluding hydrogens is 282 g/mol. The van der Waals surface area contributed by atoms with Crippen LogP contribution in [0.15, 0.2) is 18.3 Å². The van der Waals surface area contributed by atoms with Gasteiger partial charge in [0, 0.05) is 5.02 Å². The van der Waals surface area contributed by atoms with E-state index in [1.807, 2.05) is 0 Å². The third kappa shape index (κ3) is 2.18. The van der Waals surface area contributed by atoms with Crippen molar-refractivity contribution in [2.24, 2.45) is 0 Å². The minimum atomic E-state index is 0.341. The monoisotopic (exact) mass is 288 g/mol. The van der Waals surface area contributed by atoms with E-state index in [2.05, 4.69) is 5.10 Å².